The van der Waals surface area contributed by atoms with Crippen molar-refractivity contribution < 1.29 is 43.9 Å². The predicted molar refractivity (Wildman–Crippen MR) is 128 cm³/mol. The molecule has 6 atom stereocenters. The number of carbonyl (C=O) groups is 1. The molecule has 12 heteroatoms. The van der Waals surface area contributed by atoms with E-state index in [0.29, 0.717) is 5.75 Å². The number of nitrogens with one attached hydrogen (secondary N) is 2. The average molecular weight is 512 g/mol. The molecule has 1 heterocycles. The van der Waals surface area contributed by atoms with Crippen molar-refractivity contribution in [2.45, 2.75) is 43.2 Å². The van der Waals surface area contributed by atoms with Crippen LogP contribution >= 0.6 is 7.60 Å². The van der Waals surface area contributed by atoms with Gasteiger partial charge in [-0.25, -0.2) is 0 Å². The van der Waals surface area contributed by atoms with Crippen LogP contribution in [0.25, 0.3) is 10.8 Å². The van der Waals surface area contributed by atoms with E-state index in [4.69, 9.17) is 14.4 Å². The summed E-state index contributed by atoms with van der Waals surface area (Å²) in [6, 6.07) is 11.9. The molecular weight excluding hydrogens is 479 g/mol. The minimum absolute atomic E-state index is 0.101. The van der Waals surface area contributed by atoms with Crippen LogP contribution in [-0.4, -0.2) is 94.1 Å². The van der Waals surface area contributed by atoms with Gasteiger partial charge in [0, 0.05) is 12.6 Å². The van der Waals surface area contributed by atoms with E-state index < -0.39 is 50.8 Å². The molecule has 11 nitrogen and oxygen atoms in total. The number of hydrogen-bond acceptors (Lipinski definition) is 9. The molecule has 1 aliphatic heterocycles. The number of benzene rings is 2. The van der Waals surface area contributed by atoms with Crippen LogP contribution in [-0.2, 0) is 13.9 Å². The van der Waals surface area contributed by atoms with E-state index in [1.54, 1.807) is 6.07 Å². The molecule has 1 aliphatic rings. The average Bonchev–Trinajstić information content (AvgIpc) is 3.09. The molecule has 0 aromatic heterocycles. The molecule has 2 aromatic rings. The Kier molecular flexibility index (Phi) is 10.0. The fraction of sp³-hybridized carbons (Fsp3) is 0.522. The lowest BCUT2D eigenvalue weighted by atomic mass is 10.0. The highest BCUT2D eigenvalue weighted by Gasteiger charge is 2.41. The Hall–Kier alpha value is -2.08. The van der Waals surface area contributed by atoms with Gasteiger partial charge in [-0.1, -0.05) is 30.3 Å². The smallest absolute Gasteiger partial charge is 0.330 e. The number of rotatable bonds is 13. The van der Waals surface area contributed by atoms with E-state index in [9.17, 15) is 29.6 Å². The molecule has 1 fully saturated rings. The third kappa shape index (κ3) is 8.23. The van der Waals surface area contributed by atoms with E-state index in [0.717, 1.165) is 10.8 Å². The summed E-state index contributed by atoms with van der Waals surface area (Å²) in [5.41, 5.74) is 0. The molecule has 7 N–H and O–H groups in total. The van der Waals surface area contributed by atoms with Crippen LogP contribution in [0.3, 0.4) is 0 Å². The van der Waals surface area contributed by atoms with E-state index in [1.807, 2.05) is 36.4 Å². The van der Waals surface area contributed by atoms with Gasteiger partial charge in [0.1, 0.15) is 5.75 Å². The lowest BCUT2D eigenvalue weighted by Gasteiger charge is -2.21. The summed E-state index contributed by atoms with van der Waals surface area (Å²) >= 11 is 0. The van der Waals surface area contributed by atoms with Gasteiger partial charge >= 0.3 is 7.60 Å². The number of fused-ring (bicyclic) bond motifs is 1. The largest absolute Gasteiger partial charge is 0.484 e. The molecule has 2 aromatic carbocycles. The second kappa shape index (κ2) is 12.8. The Morgan fingerprint density at radius 2 is 1.83 bits per heavy atom. The molecule has 3 rings (SSSR count). The molecule has 1 unspecified atom stereocenters. The van der Waals surface area contributed by atoms with Gasteiger partial charge < -0.3 is 45.2 Å². The zero-order valence-electron chi connectivity index (χ0n) is 19.2. The Balaban J connectivity index is 1.30. The summed E-state index contributed by atoms with van der Waals surface area (Å²) in [5, 5.41) is 46.5. The van der Waals surface area contributed by atoms with E-state index in [-0.39, 0.29) is 38.5 Å². The standard InChI is InChI=1S/C23H33N2O9P/c26-12-20-23(30)22(29)19(25-20)11-17(27)14-35(31,32)34-9-3-8-24-21(28)13-33-18-7-6-15-4-1-2-5-16(15)10-18/h1-2,4-7,10,17,19-20,22-23,25-27,29-30H,3,8-9,11-14H2,(H,24,28)(H,31,32)/t17-,19-,20-,22-,23-/m1/s1. The third-order valence-corrected chi connectivity index (χ3v) is 7.26. The zero-order chi connectivity index (χ0) is 25.4. The maximum Gasteiger partial charge on any atom is 0.330 e. The third-order valence-electron chi connectivity index (χ3n) is 5.79. The van der Waals surface area contributed by atoms with Crippen LogP contribution in [0, 0.1) is 0 Å². The Morgan fingerprint density at radius 1 is 1.11 bits per heavy atom. The molecule has 1 amide bonds. The summed E-state index contributed by atoms with van der Waals surface area (Å²) in [4.78, 5) is 21.9. The second-order valence-electron chi connectivity index (χ2n) is 8.59. The Bertz CT molecular complexity index is 1020. The van der Waals surface area contributed by atoms with Crippen molar-refractivity contribution in [3.05, 3.63) is 42.5 Å². The SMILES string of the molecule is O=C(COc1ccc2ccccc2c1)NCCCOP(=O)(O)C[C@H](O)C[C@H]1N[C@H](CO)[C@@H](O)[C@@H]1O. The highest BCUT2D eigenvalue weighted by molar-refractivity contribution is 7.52. The van der Waals surface area contributed by atoms with Crippen LogP contribution in [0.5, 0.6) is 5.75 Å². The van der Waals surface area contributed by atoms with Crippen LogP contribution in [0.4, 0.5) is 0 Å². The summed E-state index contributed by atoms with van der Waals surface area (Å²) in [5.74, 6) is 0.232. The molecule has 0 aliphatic carbocycles. The van der Waals surface area contributed by atoms with Crippen molar-refractivity contribution in [1.29, 1.82) is 0 Å². The van der Waals surface area contributed by atoms with Crippen molar-refractivity contribution in [2.24, 2.45) is 0 Å². The number of aliphatic hydroxyl groups excluding tert-OH is 4. The van der Waals surface area contributed by atoms with E-state index in [2.05, 4.69) is 10.6 Å². The summed E-state index contributed by atoms with van der Waals surface area (Å²) < 4.78 is 22.7. The van der Waals surface area contributed by atoms with Crippen molar-refractivity contribution in [3.8, 4) is 5.75 Å². The molecule has 0 spiro atoms. The van der Waals surface area contributed by atoms with Crippen molar-refractivity contribution in [1.82, 2.24) is 10.6 Å². The fourth-order valence-corrected chi connectivity index (χ4v) is 5.17. The lowest BCUT2D eigenvalue weighted by Crippen LogP contribution is -2.38. The minimum Gasteiger partial charge on any atom is -0.484 e. The van der Waals surface area contributed by atoms with Gasteiger partial charge in [-0.3, -0.25) is 9.36 Å². The first-order chi connectivity index (χ1) is 16.7. The van der Waals surface area contributed by atoms with Gasteiger partial charge in [0.2, 0.25) is 0 Å². The van der Waals surface area contributed by atoms with Gasteiger partial charge in [0.05, 0.1) is 43.7 Å². The quantitative estimate of drug-likeness (QED) is 0.140. The number of ether oxygens (including phenoxy) is 1. The van der Waals surface area contributed by atoms with Crippen LogP contribution in [0.15, 0.2) is 42.5 Å². The predicted octanol–water partition coefficient (Wildman–Crippen LogP) is -0.268. The lowest BCUT2D eigenvalue weighted by molar-refractivity contribution is -0.123. The van der Waals surface area contributed by atoms with Crippen LogP contribution in [0.2, 0.25) is 0 Å². The highest BCUT2D eigenvalue weighted by atomic mass is 31.2. The topological polar surface area (TPSA) is 178 Å². The molecule has 0 bridgehead atoms. The first kappa shape index (κ1) is 27.5. The minimum atomic E-state index is -4.11. The number of amides is 1. The zero-order valence-corrected chi connectivity index (χ0v) is 20.1. The van der Waals surface area contributed by atoms with Crippen molar-refractivity contribution in [2.75, 3.05) is 32.5 Å². The maximum absolute atomic E-state index is 12.2. The van der Waals surface area contributed by atoms with Crippen LogP contribution in [0.1, 0.15) is 12.8 Å². The first-order valence-electron chi connectivity index (χ1n) is 11.4. The van der Waals surface area contributed by atoms with Gasteiger partial charge in [0.15, 0.2) is 6.61 Å². The highest BCUT2D eigenvalue weighted by Crippen LogP contribution is 2.43. The van der Waals surface area contributed by atoms with Gasteiger partial charge in [0.25, 0.3) is 5.91 Å². The molecule has 35 heavy (non-hydrogen) atoms. The number of hydrogen-bond donors (Lipinski definition) is 7. The summed E-state index contributed by atoms with van der Waals surface area (Å²) in [6.07, 6.45) is -4.05. The van der Waals surface area contributed by atoms with E-state index >= 15 is 0 Å². The maximum atomic E-state index is 12.2. The number of aliphatic hydroxyl groups is 4. The first-order valence-corrected chi connectivity index (χ1v) is 13.2. The monoisotopic (exact) mass is 512 g/mol. The van der Waals surface area contributed by atoms with Gasteiger partial charge in [-0.2, -0.15) is 0 Å². The molecule has 1 saturated heterocycles. The van der Waals surface area contributed by atoms with Crippen molar-refractivity contribution >= 4 is 24.3 Å². The van der Waals surface area contributed by atoms with Crippen LogP contribution < -0.4 is 15.4 Å². The molecular formula is C23H33N2O9P. The Morgan fingerprint density at radius 3 is 2.54 bits per heavy atom. The molecule has 0 radical (unpaired) electrons. The fourth-order valence-electron chi connectivity index (χ4n) is 3.97. The van der Waals surface area contributed by atoms with Gasteiger partial charge in [-0.05, 0) is 35.7 Å². The number of carbonyl (C=O) groups excluding carboxylic acids is 1. The molecule has 194 valence electrons. The summed E-state index contributed by atoms with van der Waals surface area (Å²) in [7, 11) is -4.11. The second-order valence-corrected chi connectivity index (χ2v) is 10.5. The van der Waals surface area contributed by atoms with Gasteiger partial charge in [-0.15, -0.1) is 0 Å². The van der Waals surface area contributed by atoms with Crippen molar-refractivity contribution in [3.63, 3.8) is 0 Å². The van der Waals surface area contributed by atoms with E-state index in [1.165, 1.54) is 0 Å². The Labute approximate surface area is 203 Å². The summed E-state index contributed by atoms with van der Waals surface area (Å²) in [6.45, 7) is -0.460. The normalized spacial score (nSPS) is 24.7. The molecule has 0 saturated carbocycles.